The summed E-state index contributed by atoms with van der Waals surface area (Å²) in [7, 11) is 0. The lowest BCUT2D eigenvalue weighted by Crippen LogP contribution is -2.07. The molecule has 0 aromatic heterocycles. The Morgan fingerprint density at radius 1 is 1.36 bits per heavy atom. The second-order valence-electron chi connectivity index (χ2n) is 3.01. The molecule has 0 bridgehead atoms. The molecule has 0 saturated carbocycles. The summed E-state index contributed by atoms with van der Waals surface area (Å²) in [6, 6.07) is 0. The van der Waals surface area contributed by atoms with E-state index in [4.69, 9.17) is 10.00 Å². The van der Waals surface area contributed by atoms with Crippen LogP contribution in [0.25, 0.3) is 0 Å². The maximum atomic E-state index is 10.9. The Balaban J connectivity index is 3.11. The molecule has 0 rings (SSSR count). The van der Waals surface area contributed by atoms with E-state index in [1.165, 1.54) is 19.3 Å². The largest absolute Gasteiger partial charge is 0.465 e. The number of carbonyl (C=O) groups excluding carboxylic acids is 1. The molecule has 0 aromatic carbocycles. The van der Waals surface area contributed by atoms with Crippen molar-refractivity contribution in [3.63, 3.8) is 0 Å². The first-order chi connectivity index (χ1) is 6.81. The van der Waals surface area contributed by atoms with Gasteiger partial charge in [-0.05, 0) is 18.2 Å². The van der Waals surface area contributed by atoms with Crippen molar-refractivity contribution in [3.05, 3.63) is 0 Å². The standard InChI is InChI=1S/C10H17NO2S/c1-2-3-4-5-6-7-13-10(12)8-14-9-11/h2-8H2,1H3. The van der Waals surface area contributed by atoms with Crippen LogP contribution in [0.1, 0.15) is 39.0 Å². The first-order valence-corrected chi connectivity index (χ1v) is 5.96. The van der Waals surface area contributed by atoms with Crippen LogP contribution in [-0.4, -0.2) is 18.3 Å². The van der Waals surface area contributed by atoms with Crippen LogP contribution in [0.2, 0.25) is 0 Å². The third kappa shape index (κ3) is 9.40. The summed E-state index contributed by atoms with van der Waals surface area (Å²) in [6.45, 7) is 2.66. The molecular formula is C10H17NO2S. The Kier molecular flexibility index (Phi) is 9.88. The Labute approximate surface area is 89.8 Å². The number of hydrogen-bond acceptors (Lipinski definition) is 4. The van der Waals surface area contributed by atoms with Crippen molar-refractivity contribution in [2.45, 2.75) is 39.0 Å². The van der Waals surface area contributed by atoms with Crippen LogP contribution in [0, 0.1) is 10.7 Å². The van der Waals surface area contributed by atoms with Crippen LogP contribution in [0.5, 0.6) is 0 Å². The monoisotopic (exact) mass is 215 g/mol. The average Bonchev–Trinajstić information content (AvgIpc) is 2.20. The van der Waals surface area contributed by atoms with Crippen LogP contribution in [0.15, 0.2) is 0 Å². The minimum atomic E-state index is -0.285. The second kappa shape index (κ2) is 10.4. The fourth-order valence-electron chi connectivity index (χ4n) is 1.02. The van der Waals surface area contributed by atoms with Gasteiger partial charge in [-0.3, -0.25) is 4.79 Å². The van der Waals surface area contributed by atoms with Crippen molar-refractivity contribution < 1.29 is 9.53 Å². The molecule has 14 heavy (non-hydrogen) atoms. The summed E-state index contributed by atoms with van der Waals surface area (Å²) >= 11 is 0.919. The fourth-order valence-corrected chi connectivity index (χ4v) is 1.29. The van der Waals surface area contributed by atoms with Gasteiger partial charge in [-0.1, -0.05) is 32.6 Å². The molecule has 0 N–H and O–H groups in total. The molecule has 0 aliphatic rings. The van der Waals surface area contributed by atoms with Gasteiger partial charge in [0.05, 0.1) is 6.61 Å². The highest BCUT2D eigenvalue weighted by Crippen LogP contribution is 2.03. The second-order valence-corrected chi connectivity index (χ2v) is 3.77. The van der Waals surface area contributed by atoms with Crippen LogP contribution in [0.3, 0.4) is 0 Å². The molecule has 0 amide bonds. The highest BCUT2D eigenvalue weighted by Gasteiger charge is 2.01. The number of thiocyanates is 1. The summed E-state index contributed by atoms with van der Waals surface area (Å²) in [5.74, 6) is -0.141. The van der Waals surface area contributed by atoms with E-state index in [1.54, 1.807) is 0 Å². The molecule has 80 valence electrons. The van der Waals surface area contributed by atoms with Gasteiger partial charge in [0.1, 0.15) is 11.2 Å². The van der Waals surface area contributed by atoms with Gasteiger partial charge in [0.2, 0.25) is 0 Å². The zero-order chi connectivity index (χ0) is 10.6. The molecule has 0 heterocycles. The predicted octanol–water partition coefficient (Wildman–Crippen LogP) is 2.71. The van der Waals surface area contributed by atoms with Crippen molar-refractivity contribution in [2.24, 2.45) is 0 Å². The molecule has 0 aromatic rings. The van der Waals surface area contributed by atoms with E-state index in [0.717, 1.165) is 24.6 Å². The normalized spacial score (nSPS) is 9.43. The van der Waals surface area contributed by atoms with Gasteiger partial charge in [-0.15, -0.1) is 0 Å². The van der Waals surface area contributed by atoms with Crippen molar-refractivity contribution in [1.82, 2.24) is 0 Å². The Morgan fingerprint density at radius 2 is 2.07 bits per heavy atom. The molecule has 0 radical (unpaired) electrons. The summed E-state index contributed by atoms with van der Waals surface area (Å²) < 4.78 is 4.91. The lowest BCUT2D eigenvalue weighted by molar-refractivity contribution is -0.140. The first kappa shape index (κ1) is 13.3. The molecule has 0 atom stereocenters. The highest BCUT2D eigenvalue weighted by molar-refractivity contribution is 8.04. The Bertz CT molecular complexity index is 189. The number of thioether (sulfide) groups is 1. The van der Waals surface area contributed by atoms with Crippen molar-refractivity contribution in [1.29, 1.82) is 5.26 Å². The van der Waals surface area contributed by atoms with Gasteiger partial charge in [0, 0.05) is 0 Å². The van der Waals surface area contributed by atoms with E-state index < -0.39 is 0 Å². The highest BCUT2D eigenvalue weighted by atomic mass is 32.2. The number of unbranched alkanes of at least 4 members (excludes halogenated alkanes) is 4. The lowest BCUT2D eigenvalue weighted by atomic mass is 10.2. The van der Waals surface area contributed by atoms with Crippen LogP contribution < -0.4 is 0 Å². The quantitative estimate of drug-likeness (QED) is 0.355. The number of nitrogens with zero attached hydrogens (tertiary/aromatic N) is 1. The van der Waals surface area contributed by atoms with Gasteiger partial charge < -0.3 is 4.74 Å². The third-order valence-corrected chi connectivity index (χ3v) is 2.27. The topological polar surface area (TPSA) is 50.1 Å². The van der Waals surface area contributed by atoms with E-state index in [9.17, 15) is 4.79 Å². The molecule has 4 heteroatoms. The summed E-state index contributed by atoms with van der Waals surface area (Å²) in [6.07, 6.45) is 5.73. The van der Waals surface area contributed by atoms with Crippen LogP contribution in [-0.2, 0) is 9.53 Å². The molecule has 3 nitrogen and oxygen atoms in total. The Hall–Kier alpha value is -0.690. The van der Waals surface area contributed by atoms with E-state index in [2.05, 4.69) is 6.92 Å². The molecule has 0 spiro atoms. The lowest BCUT2D eigenvalue weighted by Gasteiger charge is -2.02. The molecule has 0 aliphatic carbocycles. The van der Waals surface area contributed by atoms with Gasteiger partial charge in [0.15, 0.2) is 0 Å². The van der Waals surface area contributed by atoms with E-state index in [-0.39, 0.29) is 11.7 Å². The average molecular weight is 215 g/mol. The SMILES string of the molecule is CCCCCCCOC(=O)CSC#N. The van der Waals surface area contributed by atoms with Crippen molar-refractivity contribution >= 4 is 17.7 Å². The number of rotatable bonds is 8. The summed E-state index contributed by atoms with van der Waals surface area (Å²) in [5.41, 5.74) is 0. The first-order valence-electron chi connectivity index (χ1n) is 4.97. The van der Waals surface area contributed by atoms with E-state index in [0.29, 0.717) is 6.61 Å². The van der Waals surface area contributed by atoms with E-state index in [1.807, 2.05) is 5.40 Å². The number of hydrogen-bond donors (Lipinski definition) is 0. The number of esters is 1. The smallest absolute Gasteiger partial charge is 0.316 e. The van der Waals surface area contributed by atoms with Crippen LogP contribution in [0.4, 0.5) is 0 Å². The predicted molar refractivity (Wildman–Crippen MR) is 57.8 cm³/mol. The maximum absolute atomic E-state index is 10.9. The minimum absolute atomic E-state index is 0.144. The number of ether oxygens (including phenoxy) is 1. The third-order valence-electron chi connectivity index (χ3n) is 1.77. The van der Waals surface area contributed by atoms with Crippen LogP contribution >= 0.6 is 11.8 Å². The zero-order valence-corrected chi connectivity index (χ0v) is 9.44. The molecule has 0 unspecified atom stereocenters. The van der Waals surface area contributed by atoms with Gasteiger partial charge in [-0.25, -0.2) is 0 Å². The summed E-state index contributed by atoms with van der Waals surface area (Å²) in [5, 5.41) is 10.0. The van der Waals surface area contributed by atoms with Gasteiger partial charge in [-0.2, -0.15) is 5.26 Å². The molecule has 0 aliphatic heterocycles. The zero-order valence-electron chi connectivity index (χ0n) is 8.62. The van der Waals surface area contributed by atoms with Crippen molar-refractivity contribution in [3.8, 4) is 5.40 Å². The summed E-state index contributed by atoms with van der Waals surface area (Å²) in [4.78, 5) is 10.9. The molecule has 0 fully saturated rings. The Morgan fingerprint density at radius 3 is 2.71 bits per heavy atom. The fraction of sp³-hybridized carbons (Fsp3) is 0.800. The minimum Gasteiger partial charge on any atom is -0.465 e. The molecule has 0 saturated heterocycles. The number of nitriles is 1. The van der Waals surface area contributed by atoms with E-state index >= 15 is 0 Å². The van der Waals surface area contributed by atoms with Crippen molar-refractivity contribution in [2.75, 3.05) is 12.4 Å². The van der Waals surface area contributed by atoms with Gasteiger partial charge in [0.25, 0.3) is 0 Å². The maximum Gasteiger partial charge on any atom is 0.316 e. The molecular weight excluding hydrogens is 198 g/mol. The van der Waals surface area contributed by atoms with Gasteiger partial charge >= 0.3 is 5.97 Å². The number of carbonyl (C=O) groups is 1.